The number of aromatic nitrogens is 3. The molecule has 3 heterocycles. The molecule has 2 aromatic carbocycles. The molecule has 0 radical (unpaired) electrons. The van der Waals surface area contributed by atoms with Crippen molar-refractivity contribution in [1.82, 2.24) is 19.9 Å². The van der Waals surface area contributed by atoms with Gasteiger partial charge in [0.2, 0.25) is 5.91 Å². The summed E-state index contributed by atoms with van der Waals surface area (Å²) in [7, 11) is 0. The molecule has 180 valence electrons. The van der Waals surface area contributed by atoms with Crippen LogP contribution in [-0.4, -0.2) is 33.6 Å². The maximum Gasteiger partial charge on any atom is 0.223 e. The molecule has 7 heteroatoms. The van der Waals surface area contributed by atoms with E-state index in [1.165, 1.54) is 17.7 Å². The van der Waals surface area contributed by atoms with Gasteiger partial charge in [0.1, 0.15) is 11.6 Å². The number of nitrogens with zero attached hydrogens (tertiary/aromatic N) is 4. The average molecular weight is 472 g/mol. The van der Waals surface area contributed by atoms with Gasteiger partial charge >= 0.3 is 0 Å². The molecule has 1 amide bonds. The summed E-state index contributed by atoms with van der Waals surface area (Å²) in [5, 5.41) is 7.88. The van der Waals surface area contributed by atoms with Crippen molar-refractivity contribution in [3.05, 3.63) is 83.3 Å². The van der Waals surface area contributed by atoms with Crippen LogP contribution in [0.1, 0.15) is 36.6 Å². The zero-order valence-electron chi connectivity index (χ0n) is 20.2. The van der Waals surface area contributed by atoms with Crippen LogP contribution in [0.2, 0.25) is 0 Å². The summed E-state index contributed by atoms with van der Waals surface area (Å²) in [6.07, 6.45) is 2.59. The maximum absolute atomic E-state index is 13.3. The van der Waals surface area contributed by atoms with Gasteiger partial charge in [0, 0.05) is 48.9 Å². The summed E-state index contributed by atoms with van der Waals surface area (Å²) in [5.41, 5.74) is 5.69. The molecular weight excluding hydrogens is 441 g/mol. The number of amides is 1. The van der Waals surface area contributed by atoms with E-state index in [9.17, 15) is 9.18 Å². The number of piperidine rings is 1. The zero-order valence-corrected chi connectivity index (χ0v) is 20.2. The molecule has 4 aromatic rings. The van der Waals surface area contributed by atoms with Gasteiger partial charge in [-0.05, 0) is 61.6 Å². The maximum atomic E-state index is 13.3. The van der Waals surface area contributed by atoms with E-state index < -0.39 is 0 Å². The lowest BCUT2D eigenvalue weighted by Gasteiger charge is -2.33. The number of aryl methyl sites for hydroxylation is 2. The molecule has 0 atom stereocenters. The first-order chi connectivity index (χ1) is 17.0. The lowest BCUT2D eigenvalue weighted by molar-refractivity contribution is -0.125. The molecular formula is C28H30FN5O. The zero-order chi connectivity index (χ0) is 24.4. The highest BCUT2D eigenvalue weighted by Crippen LogP contribution is 2.27. The van der Waals surface area contributed by atoms with Crippen LogP contribution >= 0.6 is 0 Å². The van der Waals surface area contributed by atoms with Crippen molar-refractivity contribution in [1.29, 1.82) is 0 Å². The number of carbonyl (C=O) groups excluding carboxylic acids is 1. The van der Waals surface area contributed by atoms with Gasteiger partial charge < -0.3 is 10.2 Å². The number of fused-ring (bicyclic) bond motifs is 1. The molecule has 1 saturated heterocycles. The fourth-order valence-corrected chi connectivity index (χ4v) is 4.66. The predicted octanol–water partition coefficient (Wildman–Crippen LogP) is 4.94. The van der Waals surface area contributed by atoms with Gasteiger partial charge in [-0.3, -0.25) is 4.79 Å². The first kappa shape index (κ1) is 23.0. The summed E-state index contributed by atoms with van der Waals surface area (Å²) in [5.74, 6) is 0.828. The van der Waals surface area contributed by atoms with E-state index >= 15 is 0 Å². The van der Waals surface area contributed by atoms with Crippen LogP contribution in [0.25, 0.3) is 16.9 Å². The van der Waals surface area contributed by atoms with Crippen LogP contribution in [0, 0.1) is 18.7 Å². The third-order valence-electron chi connectivity index (χ3n) is 6.76. The van der Waals surface area contributed by atoms with Crippen molar-refractivity contribution in [2.45, 2.75) is 39.7 Å². The van der Waals surface area contributed by atoms with Crippen LogP contribution in [0.5, 0.6) is 0 Å². The molecule has 1 aliphatic rings. The summed E-state index contributed by atoms with van der Waals surface area (Å²) < 4.78 is 15.2. The van der Waals surface area contributed by atoms with Gasteiger partial charge in [0.25, 0.3) is 0 Å². The average Bonchev–Trinajstić information content (AvgIpc) is 3.31. The van der Waals surface area contributed by atoms with E-state index in [0.29, 0.717) is 6.54 Å². The second-order valence-electron chi connectivity index (χ2n) is 9.21. The number of anilines is 1. The summed E-state index contributed by atoms with van der Waals surface area (Å²) in [6.45, 7) is 6.22. The lowest BCUT2D eigenvalue weighted by atomic mass is 9.95. The molecule has 0 unspecified atom stereocenters. The number of hydrogen-bond acceptors (Lipinski definition) is 4. The molecule has 5 rings (SSSR count). The predicted molar refractivity (Wildman–Crippen MR) is 136 cm³/mol. The Kier molecular flexibility index (Phi) is 6.49. The Hall–Kier alpha value is -3.74. The highest BCUT2D eigenvalue weighted by atomic mass is 19.1. The van der Waals surface area contributed by atoms with Crippen molar-refractivity contribution < 1.29 is 9.18 Å². The Balaban J connectivity index is 1.26. The second-order valence-corrected chi connectivity index (χ2v) is 9.21. The Bertz CT molecular complexity index is 1320. The quantitative estimate of drug-likeness (QED) is 0.433. The molecule has 0 aliphatic carbocycles. The van der Waals surface area contributed by atoms with Crippen molar-refractivity contribution in [2.75, 3.05) is 18.0 Å². The lowest BCUT2D eigenvalue weighted by Crippen LogP contribution is -2.41. The standard InChI is InChI=1S/C28H30FN5O/c1-3-20-4-6-21(7-5-20)18-30-28(35)23-12-14-33(15-13-23)27-16-19(2)31-26-17-25(32-34(26)27)22-8-10-24(29)11-9-22/h4-11,16-17,23H,3,12-15,18H2,1-2H3,(H,30,35). The number of hydrogen-bond donors (Lipinski definition) is 1. The molecule has 6 nitrogen and oxygen atoms in total. The van der Waals surface area contributed by atoms with Crippen LogP contribution in [0.15, 0.2) is 60.7 Å². The van der Waals surface area contributed by atoms with Crippen LogP contribution < -0.4 is 10.2 Å². The molecule has 1 fully saturated rings. The van der Waals surface area contributed by atoms with E-state index in [1.54, 1.807) is 12.1 Å². The van der Waals surface area contributed by atoms with Crippen LogP contribution in [-0.2, 0) is 17.8 Å². The minimum Gasteiger partial charge on any atom is -0.356 e. The topological polar surface area (TPSA) is 62.5 Å². The van der Waals surface area contributed by atoms with Gasteiger partial charge in [-0.1, -0.05) is 31.2 Å². The smallest absolute Gasteiger partial charge is 0.223 e. The fraction of sp³-hybridized carbons (Fsp3) is 0.321. The van der Waals surface area contributed by atoms with E-state index in [4.69, 9.17) is 5.10 Å². The van der Waals surface area contributed by atoms with Gasteiger partial charge in [-0.2, -0.15) is 9.61 Å². The van der Waals surface area contributed by atoms with E-state index in [2.05, 4.69) is 46.4 Å². The Morgan fingerprint density at radius 1 is 1.03 bits per heavy atom. The van der Waals surface area contributed by atoms with E-state index in [0.717, 1.165) is 66.3 Å². The molecule has 1 N–H and O–H groups in total. The fourth-order valence-electron chi connectivity index (χ4n) is 4.66. The first-order valence-electron chi connectivity index (χ1n) is 12.2. The Morgan fingerprint density at radius 2 is 1.71 bits per heavy atom. The molecule has 35 heavy (non-hydrogen) atoms. The molecule has 1 aliphatic heterocycles. The molecule has 0 saturated carbocycles. The summed E-state index contributed by atoms with van der Waals surface area (Å²) in [4.78, 5) is 19.7. The molecule has 0 spiro atoms. The minimum atomic E-state index is -0.270. The monoisotopic (exact) mass is 471 g/mol. The van der Waals surface area contributed by atoms with Crippen molar-refractivity contribution in [2.24, 2.45) is 5.92 Å². The molecule has 2 aromatic heterocycles. The Morgan fingerprint density at radius 3 is 2.40 bits per heavy atom. The highest BCUT2D eigenvalue weighted by molar-refractivity contribution is 5.79. The van der Waals surface area contributed by atoms with E-state index in [1.807, 2.05) is 23.6 Å². The number of nitrogens with one attached hydrogen (secondary N) is 1. The highest BCUT2D eigenvalue weighted by Gasteiger charge is 2.26. The number of rotatable bonds is 6. The van der Waals surface area contributed by atoms with Crippen LogP contribution in [0.4, 0.5) is 10.2 Å². The van der Waals surface area contributed by atoms with Crippen molar-refractivity contribution >= 4 is 17.4 Å². The van der Waals surface area contributed by atoms with Crippen molar-refractivity contribution in [3.8, 4) is 11.3 Å². The van der Waals surface area contributed by atoms with Gasteiger partial charge in [-0.25, -0.2) is 9.37 Å². The van der Waals surface area contributed by atoms with Gasteiger partial charge in [0.05, 0.1) is 5.69 Å². The Labute approximate surface area is 204 Å². The third kappa shape index (κ3) is 5.04. The largest absolute Gasteiger partial charge is 0.356 e. The number of halogens is 1. The van der Waals surface area contributed by atoms with Gasteiger partial charge in [0.15, 0.2) is 5.65 Å². The normalized spacial score (nSPS) is 14.4. The number of benzene rings is 2. The molecule has 0 bridgehead atoms. The SMILES string of the molecule is CCc1ccc(CNC(=O)C2CCN(c3cc(C)nc4cc(-c5ccc(F)cc5)nn34)CC2)cc1. The minimum absolute atomic E-state index is 0.00647. The summed E-state index contributed by atoms with van der Waals surface area (Å²) >= 11 is 0. The van der Waals surface area contributed by atoms with Gasteiger partial charge in [-0.15, -0.1) is 0 Å². The number of carbonyl (C=O) groups is 1. The van der Waals surface area contributed by atoms with E-state index in [-0.39, 0.29) is 17.6 Å². The first-order valence-corrected chi connectivity index (χ1v) is 12.2. The van der Waals surface area contributed by atoms with Crippen LogP contribution in [0.3, 0.4) is 0 Å². The third-order valence-corrected chi connectivity index (χ3v) is 6.76. The summed E-state index contributed by atoms with van der Waals surface area (Å²) in [6, 6.07) is 18.7. The van der Waals surface area contributed by atoms with Crippen molar-refractivity contribution in [3.63, 3.8) is 0 Å². The second kappa shape index (κ2) is 9.86.